The summed E-state index contributed by atoms with van der Waals surface area (Å²) in [5.74, 6) is 1.83. The lowest BCUT2D eigenvalue weighted by Crippen LogP contribution is -2.00. The first-order valence-electron chi connectivity index (χ1n) is 18.9. The Bertz CT molecular complexity index is 3470. The summed E-state index contributed by atoms with van der Waals surface area (Å²) in [6.07, 6.45) is 0. The maximum absolute atomic E-state index is 6.87. The number of nitrogens with zero attached hydrogens (tertiary/aromatic N) is 3. The first-order valence-corrected chi connectivity index (χ1v) is 19.7. The quantitative estimate of drug-likeness (QED) is 0.175. The first kappa shape index (κ1) is 31.9. The molecule has 0 unspecified atom stereocenters. The van der Waals surface area contributed by atoms with Gasteiger partial charge in [0, 0.05) is 69.5 Å². The van der Waals surface area contributed by atoms with Gasteiger partial charge in [-0.2, -0.15) is 0 Å². The number of hydrogen-bond donors (Lipinski definition) is 0. The minimum Gasteiger partial charge on any atom is -0.456 e. The molecule has 0 aliphatic rings. The highest BCUT2D eigenvalue weighted by Gasteiger charge is 2.19. The SMILES string of the molecule is c1ccc(-c2nc(-c3ccccc3)nc(-c3ccc4c(c3)oc3cc(-c5cccc6c5oc5c(-c7ccc8c(c7)sc7ccccc78)cccc56)ccc34)n2)cc1. The van der Waals surface area contributed by atoms with Gasteiger partial charge in [0.05, 0.1) is 0 Å². The minimum atomic E-state index is 0.588. The van der Waals surface area contributed by atoms with Crippen LogP contribution in [0.2, 0.25) is 0 Å². The van der Waals surface area contributed by atoms with E-state index in [1.165, 1.54) is 20.2 Å². The standard InChI is InChI=1S/C51H29N3O2S/c1-3-11-30(12-4-1)49-52-50(31-13-5-2-6-14-31)54-51(53-49)34-23-25-38-37-24-21-32(27-43(37)55-44(38)28-34)35-16-9-18-41-42-19-10-17-36(48(42)56-47(35)41)33-22-26-40-39-15-7-8-20-45(39)57-46(40)29-33/h1-29H. The van der Waals surface area contributed by atoms with Gasteiger partial charge in [-0.3, -0.25) is 0 Å². The molecule has 12 rings (SSSR count). The van der Waals surface area contributed by atoms with Crippen LogP contribution in [0.15, 0.2) is 185 Å². The van der Waals surface area contributed by atoms with Gasteiger partial charge in [0.15, 0.2) is 17.5 Å². The fourth-order valence-corrected chi connectivity index (χ4v) is 9.33. The Hall–Kier alpha value is -7.41. The molecule has 0 atom stereocenters. The van der Waals surface area contributed by atoms with Crippen molar-refractivity contribution in [1.82, 2.24) is 15.0 Å². The van der Waals surface area contributed by atoms with E-state index in [9.17, 15) is 0 Å². The van der Waals surface area contributed by atoms with Crippen LogP contribution in [0.3, 0.4) is 0 Å². The van der Waals surface area contributed by atoms with E-state index in [0.29, 0.717) is 17.5 Å². The van der Waals surface area contributed by atoms with Gasteiger partial charge < -0.3 is 8.83 Å². The molecule has 8 aromatic carbocycles. The molecule has 0 aliphatic carbocycles. The summed E-state index contributed by atoms with van der Waals surface area (Å²) in [4.78, 5) is 14.7. The molecule has 5 nitrogen and oxygen atoms in total. The molecule has 4 aromatic heterocycles. The molecule has 0 aliphatic heterocycles. The van der Waals surface area contributed by atoms with Crippen molar-refractivity contribution in [2.24, 2.45) is 0 Å². The van der Waals surface area contributed by atoms with Gasteiger partial charge in [0.2, 0.25) is 0 Å². The summed E-state index contributed by atoms with van der Waals surface area (Å²) in [6, 6.07) is 60.9. The molecule has 0 saturated heterocycles. The molecule has 6 heteroatoms. The van der Waals surface area contributed by atoms with Crippen molar-refractivity contribution in [3.8, 4) is 56.4 Å². The van der Waals surface area contributed by atoms with Gasteiger partial charge in [-0.05, 0) is 47.5 Å². The molecule has 4 heterocycles. The Morgan fingerprint density at radius 1 is 0.316 bits per heavy atom. The van der Waals surface area contributed by atoms with E-state index in [0.717, 1.165) is 82.8 Å². The second-order valence-corrected chi connectivity index (χ2v) is 15.4. The number of aromatic nitrogens is 3. The Morgan fingerprint density at radius 3 is 1.42 bits per heavy atom. The third kappa shape index (κ3) is 5.19. The highest BCUT2D eigenvalue weighted by Crippen LogP contribution is 2.43. The predicted octanol–water partition coefficient (Wildman–Crippen LogP) is 14.4. The van der Waals surface area contributed by atoms with Crippen LogP contribution in [0.1, 0.15) is 0 Å². The van der Waals surface area contributed by atoms with Crippen LogP contribution in [0.25, 0.3) is 120 Å². The lowest BCUT2D eigenvalue weighted by atomic mass is 9.99. The zero-order valence-corrected chi connectivity index (χ0v) is 31.1. The predicted molar refractivity (Wildman–Crippen MR) is 234 cm³/mol. The van der Waals surface area contributed by atoms with E-state index in [4.69, 9.17) is 23.8 Å². The lowest BCUT2D eigenvalue weighted by molar-refractivity contribution is 0.668. The largest absolute Gasteiger partial charge is 0.456 e. The summed E-state index contributed by atoms with van der Waals surface area (Å²) in [5.41, 5.74) is 10.3. The molecular weight excluding hydrogens is 719 g/mol. The summed E-state index contributed by atoms with van der Waals surface area (Å²) in [6.45, 7) is 0. The Balaban J connectivity index is 0.953. The molecule has 0 spiro atoms. The third-order valence-electron chi connectivity index (χ3n) is 11.0. The van der Waals surface area contributed by atoms with E-state index in [1.54, 1.807) is 0 Å². The molecule has 0 amide bonds. The Kier molecular flexibility index (Phi) is 7.03. The number of rotatable bonds is 5. The average Bonchev–Trinajstić information content (AvgIpc) is 3.97. The van der Waals surface area contributed by atoms with Gasteiger partial charge in [0.1, 0.15) is 22.3 Å². The Labute approximate surface area is 330 Å². The Morgan fingerprint density at radius 2 is 0.789 bits per heavy atom. The zero-order chi connectivity index (χ0) is 37.5. The summed E-state index contributed by atoms with van der Waals surface area (Å²) in [5, 5.41) is 6.85. The van der Waals surface area contributed by atoms with E-state index in [-0.39, 0.29) is 0 Å². The topological polar surface area (TPSA) is 65.0 Å². The molecule has 57 heavy (non-hydrogen) atoms. The summed E-state index contributed by atoms with van der Waals surface area (Å²) < 4.78 is 16.1. The molecular formula is C51H29N3O2S. The fourth-order valence-electron chi connectivity index (χ4n) is 8.19. The fraction of sp³-hybridized carbons (Fsp3) is 0. The van der Waals surface area contributed by atoms with Crippen molar-refractivity contribution in [2.45, 2.75) is 0 Å². The third-order valence-corrected chi connectivity index (χ3v) is 12.1. The number of thiophene rings is 1. The molecule has 0 N–H and O–H groups in total. The van der Waals surface area contributed by atoms with Crippen LogP contribution >= 0.6 is 11.3 Å². The number of para-hydroxylation sites is 2. The van der Waals surface area contributed by atoms with Crippen molar-refractivity contribution in [3.63, 3.8) is 0 Å². The highest BCUT2D eigenvalue weighted by atomic mass is 32.1. The van der Waals surface area contributed by atoms with Crippen LogP contribution in [0.5, 0.6) is 0 Å². The van der Waals surface area contributed by atoms with Crippen molar-refractivity contribution in [1.29, 1.82) is 0 Å². The highest BCUT2D eigenvalue weighted by molar-refractivity contribution is 7.25. The zero-order valence-electron chi connectivity index (χ0n) is 30.3. The summed E-state index contributed by atoms with van der Waals surface area (Å²) in [7, 11) is 0. The van der Waals surface area contributed by atoms with Gasteiger partial charge in [-0.1, -0.05) is 140 Å². The van der Waals surface area contributed by atoms with Crippen molar-refractivity contribution >= 4 is 75.4 Å². The molecule has 0 bridgehead atoms. The molecule has 0 saturated carbocycles. The normalized spacial score (nSPS) is 11.9. The lowest BCUT2D eigenvalue weighted by Gasteiger charge is -2.08. The van der Waals surface area contributed by atoms with Crippen LogP contribution in [0, 0.1) is 0 Å². The maximum Gasteiger partial charge on any atom is 0.164 e. The van der Waals surface area contributed by atoms with E-state index >= 15 is 0 Å². The second-order valence-electron chi connectivity index (χ2n) is 14.3. The van der Waals surface area contributed by atoms with Crippen LogP contribution < -0.4 is 0 Å². The summed E-state index contributed by atoms with van der Waals surface area (Å²) >= 11 is 1.83. The minimum absolute atomic E-state index is 0.588. The van der Waals surface area contributed by atoms with Crippen LogP contribution in [0.4, 0.5) is 0 Å². The van der Waals surface area contributed by atoms with Gasteiger partial charge in [0.25, 0.3) is 0 Å². The smallest absolute Gasteiger partial charge is 0.164 e. The second kappa shape index (κ2) is 12.6. The van der Waals surface area contributed by atoms with E-state index < -0.39 is 0 Å². The van der Waals surface area contributed by atoms with Crippen molar-refractivity contribution in [2.75, 3.05) is 0 Å². The van der Waals surface area contributed by atoms with E-state index in [1.807, 2.05) is 78.1 Å². The first-order chi connectivity index (χ1) is 28.2. The van der Waals surface area contributed by atoms with Crippen molar-refractivity contribution < 1.29 is 8.83 Å². The monoisotopic (exact) mass is 747 g/mol. The number of fused-ring (bicyclic) bond motifs is 9. The molecule has 266 valence electrons. The number of furan rings is 2. The van der Waals surface area contributed by atoms with Gasteiger partial charge >= 0.3 is 0 Å². The maximum atomic E-state index is 6.87. The van der Waals surface area contributed by atoms with Crippen LogP contribution in [-0.2, 0) is 0 Å². The molecule has 0 fully saturated rings. The molecule has 12 aromatic rings. The van der Waals surface area contributed by atoms with E-state index in [2.05, 4.69) is 109 Å². The average molecular weight is 748 g/mol. The van der Waals surface area contributed by atoms with Gasteiger partial charge in [-0.25, -0.2) is 15.0 Å². The molecule has 0 radical (unpaired) electrons. The van der Waals surface area contributed by atoms with Crippen LogP contribution in [-0.4, -0.2) is 15.0 Å². The number of hydrogen-bond acceptors (Lipinski definition) is 6. The van der Waals surface area contributed by atoms with Crippen molar-refractivity contribution in [3.05, 3.63) is 176 Å². The number of benzene rings is 8. The van der Waals surface area contributed by atoms with Gasteiger partial charge in [-0.15, -0.1) is 11.3 Å².